The highest BCUT2D eigenvalue weighted by Crippen LogP contribution is 2.02. The molecule has 0 heterocycles. The van der Waals surface area contributed by atoms with Gasteiger partial charge in [-0.2, -0.15) is 5.10 Å². The van der Waals surface area contributed by atoms with Gasteiger partial charge >= 0.3 is 0 Å². The van der Waals surface area contributed by atoms with Gasteiger partial charge in [0.15, 0.2) is 0 Å². The van der Waals surface area contributed by atoms with E-state index in [2.05, 4.69) is 17.5 Å². The quantitative estimate of drug-likeness (QED) is 0.594. The lowest BCUT2D eigenvalue weighted by Gasteiger charge is -1.99. The van der Waals surface area contributed by atoms with E-state index in [9.17, 15) is 4.79 Å². The molecular formula is C12H16N2O. The Hall–Kier alpha value is -1.64. The van der Waals surface area contributed by atoms with Gasteiger partial charge < -0.3 is 0 Å². The summed E-state index contributed by atoms with van der Waals surface area (Å²) in [6.07, 6.45) is 3.63. The molecule has 80 valence electrons. The van der Waals surface area contributed by atoms with E-state index in [0.29, 0.717) is 5.56 Å². The van der Waals surface area contributed by atoms with E-state index in [4.69, 9.17) is 0 Å². The van der Waals surface area contributed by atoms with Crippen molar-refractivity contribution in [3.63, 3.8) is 0 Å². The van der Waals surface area contributed by atoms with Crippen LogP contribution in [0.1, 0.15) is 35.7 Å². The molecule has 0 atom stereocenters. The zero-order valence-corrected chi connectivity index (χ0v) is 9.16. The van der Waals surface area contributed by atoms with Crippen molar-refractivity contribution in [3.05, 3.63) is 35.4 Å². The second kappa shape index (κ2) is 5.96. The summed E-state index contributed by atoms with van der Waals surface area (Å²) in [7, 11) is 0. The summed E-state index contributed by atoms with van der Waals surface area (Å²) in [6.45, 7) is 4.05. The van der Waals surface area contributed by atoms with Gasteiger partial charge in [-0.1, -0.05) is 31.0 Å². The van der Waals surface area contributed by atoms with Crippen LogP contribution in [0, 0.1) is 6.92 Å². The third-order valence-corrected chi connectivity index (χ3v) is 1.99. The number of carbonyl (C=O) groups is 1. The number of nitrogens with one attached hydrogen (secondary N) is 1. The van der Waals surface area contributed by atoms with E-state index in [1.165, 1.54) is 0 Å². The smallest absolute Gasteiger partial charge is 0.267 e. The number of carbonyl (C=O) groups excluding carboxylic acids is 1. The Morgan fingerprint density at radius 3 is 2.67 bits per heavy atom. The molecule has 0 aliphatic rings. The molecule has 0 spiro atoms. The number of aryl methyl sites for hydroxylation is 1. The monoisotopic (exact) mass is 204 g/mol. The largest absolute Gasteiger partial charge is 0.271 e. The molecule has 15 heavy (non-hydrogen) atoms. The molecule has 0 unspecified atom stereocenters. The molecule has 1 aromatic rings. The van der Waals surface area contributed by atoms with E-state index in [1.807, 2.05) is 19.1 Å². The second-order valence-electron chi connectivity index (χ2n) is 3.41. The zero-order chi connectivity index (χ0) is 11.1. The van der Waals surface area contributed by atoms with Crippen molar-refractivity contribution in [2.24, 2.45) is 5.10 Å². The van der Waals surface area contributed by atoms with Crippen molar-refractivity contribution < 1.29 is 4.79 Å². The average molecular weight is 204 g/mol. The number of unbranched alkanes of at least 4 members (excludes halogenated alkanes) is 1. The van der Waals surface area contributed by atoms with Gasteiger partial charge in [-0.25, -0.2) is 5.43 Å². The molecule has 0 aliphatic carbocycles. The Morgan fingerprint density at radius 1 is 1.40 bits per heavy atom. The summed E-state index contributed by atoms with van der Waals surface area (Å²) in [5, 5.41) is 3.84. The fourth-order valence-corrected chi connectivity index (χ4v) is 1.07. The van der Waals surface area contributed by atoms with Crippen LogP contribution in [0.5, 0.6) is 0 Å². The van der Waals surface area contributed by atoms with Crippen molar-refractivity contribution in [1.82, 2.24) is 5.43 Å². The predicted octanol–water partition coefficient (Wildman–Crippen LogP) is 2.51. The lowest BCUT2D eigenvalue weighted by Crippen LogP contribution is -2.17. The summed E-state index contributed by atoms with van der Waals surface area (Å²) < 4.78 is 0. The van der Waals surface area contributed by atoms with Crippen LogP contribution in [0.3, 0.4) is 0 Å². The molecule has 1 rings (SSSR count). The Kier molecular flexibility index (Phi) is 4.54. The molecule has 0 saturated carbocycles. The maximum atomic E-state index is 11.5. The standard InChI is InChI=1S/C12H16N2O/c1-3-4-9-13-14-12(15)11-7-5-10(2)6-8-11/h5-9H,3-4H2,1-2H3,(H,14,15)/b13-9+. The Balaban J connectivity index is 2.50. The van der Waals surface area contributed by atoms with Gasteiger partial charge in [-0.15, -0.1) is 0 Å². The number of hydrogen-bond donors (Lipinski definition) is 1. The lowest BCUT2D eigenvalue weighted by atomic mass is 10.1. The van der Waals surface area contributed by atoms with Gasteiger partial charge in [0.05, 0.1) is 0 Å². The van der Waals surface area contributed by atoms with Crippen molar-refractivity contribution >= 4 is 12.1 Å². The van der Waals surface area contributed by atoms with Gasteiger partial charge in [0.25, 0.3) is 5.91 Å². The first-order chi connectivity index (χ1) is 7.24. The molecule has 1 amide bonds. The lowest BCUT2D eigenvalue weighted by molar-refractivity contribution is 0.0955. The first-order valence-corrected chi connectivity index (χ1v) is 5.12. The number of hydrazone groups is 1. The predicted molar refractivity (Wildman–Crippen MR) is 62.0 cm³/mol. The summed E-state index contributed by atoms with van der Waals surface area (Å²) >= 11 is 0. The van der Waals surface area contributed by atoms with Gasteiger partial charge in [-0.05, 0) is 25.5 Å². The Bertz CT molecular complexity index is 341. The maximum absolute atomic E-state index is 11.5. The molecule has 1 N–H and O–H groups in total. The van der Waals surface area contributed by atoms with E-state index >= 15 is 0 Å². The van der Waals surface area contributed by atoms with E-state index < -0.39 is 0 Å². The van der Waals surface area contributed by atoms with E-state index in [0.717, 1.165) is 18.4 Å². The molecule has 0 aromatic heterocycles. The van der Waals surface area contributed by atoms with Crippen molar-refractivity contribution in [2.45, 2.75) is 26.7 Å². The minimum Gasteiger partial charge on any atom is -0.267 e. The molecule has 0 fully saturated rings. The minimum atomic E-state index is -0.164. The van der Waals surface area contributed by atoms with E-state index in [-0.39, 0.29) is 5.91 Å². The molecule has 3 nitrogen and oxygen atoms in total. The van der Waals surface area contributed by atoms with E-state index in [1.54, 1.807) is 18.3 Å². The molecule has 1 aromatic carbocycles. The van der Waals surface area contributed by atoms with Gasteiger partial charge in [0.1, 0.15) is 0 Å². The number of amides is 1. The van der Waals surface area contributed by atoms with Crippen molar-refractivity contribution in [1.29, 1.82) is 0 Å². The highest BCUT2D eigenvalue weighted by atomic mass is 16.2. The van der Waals surface area contributed by atoms with Gasteiger partial charge in [0, 0.05) is 11.8 Å². The fourth-order valence-electron chi connectivity index (χ4n) is 1.07. The first kappa shape index (κ1) is 11.4. The molecule has 0 bridgehead atoms. The van der Waals surface area contributed by atoms with Crippen LogP contribution in [0.2, 0.25) is 0 Å². The first-order valence-electron chi connectivity index (χ1n) is 5.12. The van der Waals surface area contributed by atoms with Crippen LogP contribution in [0.25, 0.3) is 0 Å². The number of benzene rings is 1. The van der Waals surface area contributed by atoms with Crippen LogP contribution in [-0.2, 0) is 0 Å². The summed E-state index contributed by atoms with van der Waals surface area (Å²) in [6, 6.07) is 7.40. The van der Waals surface area contributed by atoms with Crippen LogP contribution in [-0.4, -0.2) is 12.1 Å². The molecular weight excluding hydrogens is 188 g/mol. The van der Waals surface area contributed by atoms with Crippen molar-refractivity contribution in [3.8, 4) is 0 Å². The van der Waals surface area contributed by atoms with Crippen LogP contribution < -0.4 is 5.43 Å². The zero-order valence-electron chi connectivity index (χ0n) is 9.16. The number of rotatable bonds is 4. The highest BCUT2D eigenvalue weighted by Gasteiger charge is 2.01. The summed E-state index contributed by atoms with van der Waals surface area (Å²) in [4.78, 5) is 11.5. The molecule has 0 aliphatic heterocycles. The molecule has 0 radical (unpaired) electrons. The van der Waals surface area contributed by atoms with Crippen LogP contribution >= 0.6 is 0 Å². The summed E-state index contributed by atoms with van der Waals surface area (Å²) in [5.41, 5.74) is 4.26. The van der Waals surface area contributed by atoms with Crippen LogP contribution in [0.15, 0.2) is 29.4 Å². The minimum absolute atomic E-state index is 0.164. The maximum Gasteiger partial charge on any atom is 0.271 e. The number of nitrogens with zero attached hydrogens (tertiary/aromatic N) is 1. The van der Waals surface area contributed by atoms with Gasteiger partial charge in [-0.3, -0.25) is 4.79 Å². The van der Waals surface area contributed by atoms with Crippen molar-refractivity contribution in [2.75, 3.05) is 0 Å². The third kappa shape index (κ3) is 3.94. The normalized spacial score (nSPS) is 10.5. The fraction of sp³-hybridized carbons (Fsp3) is 0.333. The van der Waals surface area contributed by atoms with Crippen LogP contribution in [0.4, 0.5) is 0 Å². The second-order valence-corrected chi connectivity index (χ2v) is 3.41. The SMILES string of the molecule is CCC/C=N/NC(=O)c1ccc(C)cc1. The molecule has 3 heteroatoms. The Morgan fingerprint density at radius 2 is 2.07 bits per heavy atom. The highest BCUT2D eigenvalue weighted by molar-refractivity contribution is 5.94. The topological polar surface area (TPSA) is 41.5 Å². The summed E-state index contributed by atoms with van der Waals surface area (Å²) in [5.74, 6) is -0.164. The van der Waals surface area contributed by atoms with Gasteiger partial charge in [0.2, 0.25) is 0 Å². The number of hydrogen-bond acceptors (Lipinski definition) is 2. The molecule has 0 saturated heterocycles. The average Bonchev–Trinajstić information content (AvgIpc) is 2.25. The Labute approximate surface area is 90.2 Å². The third-order valence-electron chi connectivity index (χ3n) is 1.99.